The number of oxazole rings is 1. The van der Waals surface area contributed by atoms with Crippen LogP contribution in [0.3, 0.4) is 0 Å². The largest absolute Gasteiger partial charge is 0.465 e. The van der Waals surface area contributed by atoms with Crippen molar-refractivity contribution in [3.63, 3.8) is 0 Å². The molecule has 5 aliphatic heterocycles. The monoisotopic (exact) mass is 858 g/mol. The topological polar surface area (TPSA) is 163 Å². The first kappa shape index (κ1) is 43.7. The Morgan fingerprint density at radius 1 is 0.839 bits per heavy atom. The number of carbonyl (C=O) groups excluding carboxylic acids is 4. The maximum Gasteiger partial charge on any atom is 0.419 e. The number of piperidine rings is 2. The van der Waals surface area contributed by atoms with Gasteiger partial charge in [-0.05, 0) is 74.3 Å². The van der Waals surface area contributed by atoms with Crippen molar-refractivity contribution < 1.29 is 37.8 Å². The Balaban J connectivity index is 0.838. The van der Waals surface area contributed by atoms with Crippen LogP contribution < -0.4 is 11.1 Å². The summed E-state index contributed by atoms with van der Waals surface area (Å²) in [5.41, 5.74) is 4.60. The zero-order valence-electron chi connectivity index (χ0n) is 36.3. The highest BCUT2D eigenvalue weighted by Crippen LogP contribution is 2.27. The summed E-state index contributed by atoms with van der Waals surface area (Å²) in [6.45, 7) is 12.6. The van der Waals surface area contributed by atoms with E-state index in [9.17, 15) is 24.0 Å². The molecule has 1 N–H and O–H groups in total. The summed E-state index contributed by atoms with van der Waals surface area (Å²) >= 11 is 0. The highest BCUT2D eigenvalue weighted by Gasteiger charge is 2.37. The van der Waals surface area contributed by atoms with E-state index < -0.39 is 18.0 Å². The number of ether oxygens (including phenoxy) is 3. The lowest BCUT2D eigenvalue weighted by Gasteiger charge is -2.43. The zero-order chi connectivity index (χ0) is 43.2. The van der Waals surface area contributed by atoms with Crippen LogP contribution in [0.15, 0.2) is 45.6 Å². The van der Waals surface area contributed by atoms with E-state index in [1.807, 2.05) is 47.1 Å². The summed E-state index contributed by atoms with van der Waals surface area (Å²) in [7, 11) is 1.66. The summed E-state index contributed by atoms with van der Waals surface area (Å²) in [5, 5.41) is 3.05. The van der Waals surface area contributed by atoms with Gasteiger partial charge in [0, 0.05) is 110 Å². The first-order chi connectivity index (χ1) is 30.1. The van der Waals surface area contributed by atoms with Crippen molar-refractivity contribution in [3.05, 3.63) is 63.6 Å². The summed E-state index contributed by atoms with van der Waals surface area (Å²) in [4.78, 5) is 78.7. The van der Waals surface area contributed by atoms with Crippen molar-refractivity contribution in [3.8, 4) is 0 Å². The number of fused-ring (bicyclic) bond motifs is 2. The van der Waals surface area contributed by atoms with Gasteiger partial charge in [0.25, 0.3) is 5.91 Å². The molecular weight excluding hydrogens is 797 g/mol. The molecule has 2 aromatic carbocycles. The second-order valence-corrected chi connectivity index (χ2v) is 17.4. The van der Waals surface area contributed by atoms with Crippen molar-refractivity contribution in [2.24, 2.45) is 7.05 Å². The van der Waals surface area contributed by atoms with Gasteiger partial charge < -0.3 is 38.6 Å². The smallest absolute Gasteiger partial charge is 0.419 e. The lowest BCUT2D eigenvalue weighted by Crippen LogP contribution is -2.55. The normalized spacial score (nSPS) is 20.7. The zero-order valence-corrected chi connectivity index (χ0v) is 36.3. The predicted octanol–water partition coefficient (Wildman–Crippen LogP) is 2.92. The highest BCUT2D eigenvalue weighted by molar-refractivity contribution is 5.91. The number of nitrogens with one attached hydrogen (secondary N) is 1. The number of urea groups is 1. The molecule has 4 saturated heterocycles. The minimum atomic E-state index is -1.08. The number of aromatic nitrogens is 1. The van der Waals surface area contributed by atoms with Crippen molar-refractivity contribution in [1.82, 2.24) is 34.0 Å². The van der Waals surface area contributed by atoms with E-state index in [1.54, 1.807) is 18.0 Å². The van der Waals surface area contributed by atoms with E-state index in [0.717, 1.165) is 107 Å². The Bertz CT molecular complexity index is 2110. The molecule has 0 saturated carbocycles. The number of anilines is 1. The number of amides is 4. The number of rotatable bonds is 12. The molecule has 0 bridgehead atoms. The van der Waals surface area contributed by atoms with Crippen LogP contribution in [0, 0.1) is 6.92 Å². The van der Waals surface area contributed by atoms with Crippen molar-refractivity contribution in [2.75, 3.05) is 110 Å². The maximum atomic E-state index is 14.4. The number of morpholine rings is 1. The number of hydrogen-bond donors (Lipinski definition) is 1. The van der Waals surface area contributed by atoms with E-state index >= 15 is 0 Å². The van der Waals surface area contributed by atoms with Gasteiger partial charge in [0.15, 0.2) is 11.7 Å². The Kier molecular flexibility index (Phi) is 14.1. The number of hydrogen-bond acceptors (Lipinski definition) is 12. The molecule has 1 atom stereocenters. The molecule has 5 aliphatic rings. The van der Waals surface area contributed by atoms with Gasteiger partial charge >= 0.3 is 23.8 Å². The third kappa shape index (κ3) is 10.4. The number of nitrogens with zero attached hydrogens (tertiary/aromatic N) is 7. The number of esters is 1. The first-order valence-corrected chi connectivity index (χ1v) is 22.5. The Hall–Kier alpha value is -4.97. The van der Waals surface area contributed by atoms with Gasteiger partial charge in [0.1, 0.15) is 0 Å². The van der Waals surface area contributed by atoms with Crippen molar-refractivity contribution in [1.29, 1.82) is 0 Å². The molecule has 0 aliphatic carbocycles. The molecule has 17 nitrogen and oxygen atoms in total. The highest BCUT2D eigenvalue weighted by atomic mass is 16.6. The molecule has 6 heterocycles. The van der Waals surface area contributed by atoms with E-state index in [-0.39, 0.29) is 30.4 Å². The minimum Gasteiger partial charge on any atom is -0.465 e. The Morgan fingerprint density at radius 3 is 2.31 bits per heavy atom. The molecule has 3 aromatic rings. The summed E-state index contributed by atoms with van der Waals surface area (Å²) in [6.07, 6.45) is 2.85. The van der Waals surface area contributed by atoms with Crippen LogP contribution in [0.4, 0.5) is 15.3 Å². The number of aryl methyl sites for hydroxylation is 2. The molecule has 0 unspecified atom stereocenters. The molecule has 17 heteroatoms. The first-order valence-electron chi connectivity index (χ1n) is 22.5. The Labute approximate surface area is 362 Å². The third-order valence-corrected chi connectivity index (χ3v) is 13.4. The van der Waals surface area contributed by atoms with Crippen LogP contribution in [-0.4, -0.2) is 181 Å². The van der Waals surface area contributed by atoms with Crippen LogP contribution in [-0.2, 0) is 43.7 Å². The van der Waals surface area contributed by atoms with E-state index in [0.29, 0.717) is 75.9 Å². The van der Waals surface area contributed by atoms with Gasteiger partial charge in [-0.25, -0.2) is 14.4 Å². The number of para-hydroxylation sites is 1. The van der Waals surface area contributed by atoms with Gasteiger partial charge in [0.05, 0.1) is 31.9 Å². The van der Waals surface area contributed by atoms with E-state index in [4.69, 9.17) is 18.6 Å². The third-order valence-electron chi connectivity index (χ3n) is 13.4. The van der Waals surface area contributed by atoms with Gasteiger partial charge in [-0.1, -0.05) is 24.3 Å². The van der Waals surface area contributed by atoms with Crippen LogP contribution in [0.25, 0.3) is 11.1 Å². The fourth-order valence-corrected chi connectivity index (χ4v) is 9.86. The molecule has 4 amide bonds. The fourth-order valence-electron chi connectivity index (χ4n) is 9.86. The molecule has 336 valence electrons. The van der Waals surface area contributed by atoms with Crippen LogP contribution in [0.2, 0.25) is 0 Å². The SMILES string of the molecule is Cc1cc(C[C@@H](OC(=O)N2CCC(N3CCc4ccccc4NC3=O)CC2)C(=O)N2CCC(N3CCN(CC(=O)OCCCN4CCOCC4)CC3)CC2)cc2oc(=O)n(C)c12. The molecule has 1 aromatic heterocycles. The van der Waals surface area contributed by atoms with Crippen LogP contribution in [0.5, 0.6) is 0 Å². The number of carbonyl (C=O) groups is 4. The number of benzene rings is 2. The van der Waals surface area contributed by atoms with Gasteiger partial charge in [-0.2, -0.15) is 0 Å². The van der Waals surface area contributed by atoms with Crippen molar-refractivity contribution >= 4 is 40.8 Å². The van der Waals surface area contributed by atoms with Crippen LogP contribution >= 0.6 is 0 Å². The lowest BCUT2D eigenvalue weighted by atomic mass is 9.99. The van der Waals surface area contributed by atoms with Crippen molar-refractivity contribution in [2.45, 2.75) is 70.1 Å². The molecule has 62 heavy (non-hydrogen) atoms. The molecule has 4 fully saturated rings. The fraction of sp³-hybridized carbons (Fsp3) is 0.622. The number of piperazine rings is 1. The summed E-state index contributed by atoms with van der Waals surface area (Å²) < 4.78 is 24.1. The average molecular weight is 859 g/mol. The molecular formula is C45H62N8O9. The maximum absolute atomic E-state index is 14.4. The van der Waals surface area contributed by atoms with E-state index in [1.165, 1.54) is 4.57 Å². The second kappa shape index (κ2) is 20.0. The summed E-state index contributed by atoms with van der Waals surface area (Å²) in [5.74, 6) is -0.890. The average Bonchev–Trinajstić information content (AvgIpc) is 3.46. The van der Waals surface area contributed by atoms with Gasteiger partial charge in [-0.15, -0.1) is 0 Å². The minimum absolute atomic E-state index is 0.0253. The van der Waals surface area contributed by atoms with Gasteiger partial charge in [-0.3, -0.25) is 28.9 Å². The van der Waals surface area contributed by atoms with Gasteiger partial charge in [0.2, 0.25) is 0 Å². The lowest BCUT2D eigenvalue weighted by molar-refractivity contribution is -0.145. The molecule has 0 radical (unpaired) electrons. The second-order valence-electron chi connectivity index (χ2n) is 17.4. The standard InChI is InChI=1S/C45H62N8O9/c1-32-28-33(29-38-41(32)47(2)44(57)61-38)30-39(62-45(58)52-16-11-36(12-17-52)53-18-8-34-6-3-4-7-37(34)46-43(53)56)42(55)51-14-9-35(10-15-51)50-21-19-49(20-22-50)31-40(54)60-25-5-13-48-23-26-59-27-24-48/h3-4,6-7,28-29,35-36,39H,5,8-27,30-31H2,1-2H3,(H,46,56)/t39-/m1/s1. The summed E-state index contributed by atoms with van der Waals surface area (Å²) in [6, 6.07) is 11.7. The Morgan fingerprint density at radius 2 is 1.55 bits per heavy atom. The van der Waals surface area contributed by atoms with E-state index in [2.05, 4.69) is 20.0 Å². The quantitative estimate of drug-likeness (QED) is 0.210. The molecule has 0 spiro atoms. The molecule has 8 rings (SSSR count). The number of likely N-dealkylation sites (tertiary alicyclic amines) is 2. The predicted molar refractivity (Wildman–Crippen MR) is 231 cm³/mol. The van der Waals surface area contributed by atoms with Crippen LogP contribution in [0.1, 0.15) is 48.8 Å².